The van der Waals surface area contributed by atoms with E-state index in [1.54, 1.807) is 0 Å². The average Bonchev–Trinajstić information content (AvgIpc) is 2.18. The maximum atomic E-state index is 11.1. The van der Waals surface area contributed by atoms with Crippen molar-refractivity contribution in [2.24, 2.45) is 0 Å². The van der Waals surface area contributed by atoms with Crippen molar-refractivity contribution in [2.45, 2.75) is 0 Å². The van der Waals surface area contributed by atoms with Gasteiger partial charge in [-0.1, -0.05) is 11.6 Å². The fourth-order valence-corrected chi connectivity index (χ4v) is 1.87. The van der Waals surface area contributed by atoms with Gasteiger partial charge in [0.05, 0.1) is 5.75 Å². The number of hydrogen-bond donors (Lipinski definition) is 1. The van der Waals surface area contributed by atoms with Gasteiger partial charge in [-0.25, -0.2) is 8.42 Å². The third-order valence-corrected chi connectivity index (χ3v) is 3.32. The molecule has 17 heavy (non-hydrogen) atoms. The molecule has 1 amide bonds. The Labute approximate surface area is 128 Å². The number of carbonyl (C=O) groups is 1. The van der Waals surface area contributed by atoms with Gasteiger partial charge < -0.3 is 9.87 Å². The smallest absolute Gasteiger partial charge is 0.739 e. The number of aromatic nitrogens is 2. The standard InChI is InChI=1S/C6H6ClN3O4S2.Na/c7-4-1-2-5(10-9-4)8-6(11)3-15-16(12,13)14;/h1-2H,3H2,(H,8,10,11)(H,12,13,14);/q;+1/p-1. The second kappa shape index (κ2) is 7.52. The van der Waals surface area contributed by atoms with E-state index in [0.29, 0.717) is 0 Å². The summed E-state index contributed by atoms with van der Waals surface area (Å²) in [5, 5.41) is 9.37. The van der Waals surface area contributed by atoms with Crippen molar-refractivity contribution in [3.63, 3.8) is 0 Å². The average molecular weight is 306 g/mol. The zero-order valence-electron chi connectivity index (χ0n) is 8.58. The van der Waals surface area contributed by atoms with Gasteiger partial charge in [0.25, 0.3) is 0 Å². The maximum absolute atomic E-state index is 11.1. The summed E-state index contributed by atoms with van der Waals surface area (Å²) in [6, 6.07) is 2.80. The predicted octanol–water partition coefficient (Wildman–Crippen LogP) is -2.73. The van der Waals surface area contributed by atoms with Crippen LogP contribution < -0.4 is 34.9 Å². The van der Waals surface area contributed by atoms with Gasteiger partial charge in [0.15, 0.2) is 11.0 Å². The summed E-state index contributed by atoms with van der Waals surface area (Å²) in [5.74, 6) is -1.05. The van der Waals surface area contributed by atoms with E-state index in [1.165, 1.54) is 12.1 Å². The van der Waals surface area contributed by atoms with Crippen LogP contribution in [0.25, 0.3) is 0 Å². The minimum atomic E-state index is -4.47. The molecule has 1 N–H and O–H groups in total. The molecule has 0 radical (unpaired) electrons. The monoisotopic (exact) mass is 305 g/mol. The van der Waals surface area contributed by atoms with Crippen LogP contribution in [0, 0.1) is 0 Å². The molecule has 0 unspecified atom stereocenters. The van der Waals surface area contributed by atoms with Crippen molar-refractivity contribution in [3.8, 4) is 0 Å². The Morgan fingerprint density at radius 2 is 2.12 bits per heavy atom. The maximum Gasteiger partial charge on any atom is 1.00 e. The number of anilines is 1. The molecular weight excluding hydrogens is 301 g/mol. The normalized spacial score (nSPS) is 10.5. The molecule has 0 aliphatic carbocycles. The van der Waals surface area contributed by atoms with Crippen LogP contribution >= 0.6 is 22.4 Å². The van der Waals surface area contributed by atoms with Gasteiger partial charge >= 0.3 is 29.6 Å². The number of rotatable bonds is 4. The second-order valence-corrected chi connectivity index (χ2v) is 6.12. The molecule has 0 saturated carbocycles. The van der Waals surface area contributed by atoms with Gasteiger partial charge in [-0.3, -0.25) is 4.79 Å². The van der Waals surface area contributed by atoms with Crippen molar-refractivity contribution in [1.82, 2.24) is 10.2 Å². The number of nitrogens with one attached hydrogen (secondary N) is 1. The van der Waals surface area contributed by atoms with E-state index in [2.05, 4.69) is 15.5 Å². The SMILES string of the molecule is O=C(CSS(=O)(=O)[O-])Nc1ccc(Cl)nn1.[Na+]. The van der Waals surface area contributed by atoms with Crippen LogP contribution in [-0.2, 0) is 13.9 Å². The Kier molecular flexibility index (Phi) is 7.56. The molecule has 0 atom stereocenters. The van der Waals surface area contributed by atoms with Crippen LogP contribution in [0.5, 0.6) is 0 Å². The molecule has 0 fully saturated rings. The molecule has 1 rings (SSSR count). The van der Waals surface area contributed by atoms with Crippen molar-refractivity contribution < 1.29 is 47.3 Å². The van der Waals surface area contributed by atoms with Gasteiger partial charge in [0.1, 0.15) is 9.15 Å². The van der Waals surface area contributed by atoms with Crippen molar-refractivity contribution in [1.29, 1.82) is 0 Å². The van der Waals surface area contributed by atoms with Crippen molar-refractivity contribution >= 4 is 43.3 Å². The molecule has 1 heterocycles. The summed E-state index contributed by atoms with van der Waals surface area (Å²) in [6.45, 7) is 0. The molecule has 0 aliphatic rings. The third kappa shape index (κ3) is 7.92. The second-order valence-electron chi connectivity index (χ2n) is 2.46. The molecular formula is C6H5ClN3NaO4S2. The van der Waals surface area contributed by atoms with E-state index < -0.39 is 20.8 Å². The summed E-state index contributed by atoms with van der Waals surface area (Å²) >= 11 is 5.46. The fourth-order valence-electron chi connectivity index (χ4n) is 0.687. The zero-order valence-corrected chi connectivity index (χ0v) is 13.0. The molecule has 7 nitrogen and oxygen atoms in total. The molecule has 11 heteroatoms. The van der Waals surface area contributed by atoms with E-state index in [4.69, 9.17) is 11.6 Å². The zero-order chi connectivity index (χ0) is 12.2. The van der Waals surface area contributed by atoms with Crippen LogP contribution in [0.15, 0.2) is 12.1 Å². The van der Waals surface area contributed by atoms with E-state index in [1.807, 2.05) is 0 Å². The summed E-state index contributed by atoms with van der Waals surface area (Å²) in [5.41, 5.74) is 0. The third-order valence-electron chi connectivity index (χ3n) is 1.23. The molecule has 0 aromatic carbocycles. The van der Waals surface area contributed by atoms with Gasteiger partial charge in [0.2, 0.25) is 5.91 Å². The van der Waals surface area contributed by atoms with E-state index in [9.17, 15) is 17.8 Å². The first kappa shape index (κ1) is 17.1. The number of carbonyl (C=O) groups excluding carboxylic acids is 1. The van der Waals surface area contributed by atoms with Gasteiger partial charge in [-0.05, 0) is 22.9 Å². The topological polar surface area (TPSA) is 112 Å². The van der Waals surface area contributed by atoms with Gasteiger partial charge in [-0.15, -0.1) is 10.2 Å². The van der Waals surface area contributed by atoms with Crippen LogP contribution in [0.3, 0.4) is 0 Å². The predicted molar refractivity (Wildman–Crippen MR) is 57.8 cm³/mol. The number of amides is 1. The van der Waals surface area contributed by atoms with Crippen LogP contribution in [-0.4, -0.2) is 34.8 Å². The van der Waals surface area contributed by atoms with E-state index >= 15 is 0 Å². The minimum absolute atomic E-state index is 0. The quantitative estimate of drug-likeness (QED) is 0.365. The Hall–Kier alpha value is 0.1000. The van der Waals surface area contributed by atoms with Crippen molar-refractivity contribution in [2.75, 3.05) is 11.1 Å². The number of hydrogen-bond acceptors (Lipinski definition) is 7. The van der Waals surface area contributed by atoms with Crippen LogP contribution in [0.4, 0.5) is 5.82 Å². The molecule has 0 saturated heterocycles. The Bertz CT molecular complexity index is 481. The van der Waals surface area contributed by atoms with Crippen LogP contribution in [0.1, 0.15) is 0 Å². The number of nitrogens with zero attached hydrogens (tertiary/aromatic N) is 2. The molecule has 0 aliphatic heterocycles. The molecule has 0 bridgehead atoms. The van der Waals surface area contributed by atoms with Gasteiger partial charge in [0, 0.05) is 0 Å². The first-order valence-corrected chi connectivity index (χ1v) is 7.05. The fraction of sp³-hybridized carbons (Fsp3) is 0.167. The molecule has 1 aromatic rings. The minimum Gasteiger partial charge on any atom is -0.739 e. The summed E-state index contributed by atoms with van der Waals surface area (Å²) in [7, 11) is -4.48. The Morgan fingerprint density at radius 1 is 1.47 bits per heavy atom. The first-order valence-electron chi connectivity index (χ1n) is 3.76. The summed E-state index contributed by atoms with van der Waals surface area (Å²) < 4.78 is 30.6. The largest absolute Gasteiger partial charge is 1.00 e. The number of halogens is 1. The summed E-state index contributed by atoms with van der Waals surface area (Å²) in [4.78, 5) is 11.1. The van der Waals surface area contributed by atoms with E-state index in [-0.39, 0.29) is 51.3 Å². The first-order chi connectivity index (χ1) is 7.37. The molecule has 88 valence electrons. The summed E-state index contributed by atoms with van der Waals surface area (Å²) in [6.07, 6.45) is 0. The molecule has 1 aromatic heterocycles. The Morgan fingerprint density at radius 3 is 2.59 bits per heavy atom. The van der Waals surface area contributed by atoms with Crippen LogP contribution in [0.2, 0.25) is 5.15 Å². The van der Waals surface area contributed by atoms with E-state index in [0.717, 1.165) is 0 Å². The van der Waals surface area contributed by atoms with Gasteiger partial charge in [-0.2, -0.15) is 0 Å². The Balaban J connectivity index is 0.00000256. The van der Waals surface area contributed by atoms with Crippen molar-refractivity contribution in [3.05, 3.63) is 17.3 Å². The molecule has 0 spiro atoms.